The zero-order chi connectivity index (χ0) is 45.9. The number of carboxylic acid groups (broad SMARTS) is 2. The Bertz CT molecular complexity index is 2880. The second kappa shape index (κ2) is 20.3. The zero-order valence-electron chi connectivity index (χ0n) is 35.8. The minimum Gasteiger partial charge on any atom is -0.481 e. The van der Waals surface area contributed by atoms with Gasteiger partial charge in [-0.25, -0.2) is 9.97 Å². The fourth-order valence-electron chi connectivity index (χ4n) is 6.28. The van der Waals surface area contributed by atoms with Crippen LogP contribution in [-0.2, 0) is 45.2 Å². The molecule has 6 N–H and O–H groups in total. The highest BCUT2D eigenvalue weighted by atomic mass is 16.6. The van der Waals surface area contributed by atoms with E-state index in [1.807, 2.05) is 69.3 Å². The van der Waals surface area contributed by atoms with Gasteiger partial charge in [0.2, 0.25) is 11.9 Å². The van der Waals surface area contributed by atoms with Gasteiger partial charge in [0.1, 0.15) is 5.60 Å². The van der Waals surface area contributed by atoms with Crippen molar-refractivity contribution >= 4 is 63.5 Å². The highest BCUT2D eigenvalue weighted by Gasteiger charge is 2.17. The summed E-state index contributed by atoms with van der Waals surface area (Å²) < 4.78 is 12.0. The number of nitrogens with two attached hydrogens (primary N) is 1. The zero-order valence-corrected chi connectivity index (χ0v) is 35.8. The number of aliphatic carboxylic acids is 2. The Morgan fingerprint density at radius 3 is 1.55 bits per heavy atom. The highest BCUT2D eigenvalue weighted by molar-refractivity contribution is 5.74. The molecule has 23 heteroatoms. The lowest BCUT2D eigenvalue weighted by molar-refractivity contribution is -0.154. The number of carboxylic acids is 2. The molecule has 0 saturated heterocycles. The van der Waals surface area contributed by atoms with Crippen molar-refractivity contribution < 1.29 is 29.3 Å². The maximum atomic E-state index is 12.0. The first-order valence-corrected chi connectivity index (χ1v) is 20.6. The molecule has 65 heavy (non-hydrogen) atoms. The molecule has 0 spiro atoms. The molecule has 6 aromatic heterocycles. The quantitative estimate of drug-likeness (QED) is 0.0725. The van der Waals surface area contributed by atoms with Crippen LogP contribution in [0.3, 0.4) is 0 Å². The molecule has 0 unspecified atom stereocenters. The van der Waals surface area contributed by atoms with Gasteiger partial charge in [-0.2, -0.15) is 29.5 Å². The molecular weight excluding hydrogens is 839 g/mol. The monoisotopic (exact) mass is 885 g/mol. The molecular formula is C42H47N17O6. The largest absolute Gasteiger partial charge is 0.481 e. The van der Waals surface area contributed by atoms with Gasteiger partial charge in [-0.3, -0.25) is 23.7 Å². The normalized spacial score (nSPS) is 11.3. The number of aryl methyl sites for hydroxylation is 3. The van der Waals surface area contributed by atoms with Crippen LogP contribution in [-0.4, -0.2) is 103 Å². The molecule has 8 aromatic rings. The van der Waals surface area contributed by atoms with Crippen LogP contribution in [0.15, 0.2) is 85.7 Å². The summed E-state index contributed by atoms with van der Waals surface area (Å²) in [6.07, 6.45) is 12.0. The predicted octanol–water partition coefficient (Wildman–Crippen LogP) is 4.76. The molecule has 6 heterocycles. The van der Waals surface area contributed by atoms with Crippen LogP contribution < -0.4 is 16.4 Å². The SMILES string of the molecule is CC(C)(C)OC(=O)CCc1ccc(-n2nnc3cnc(Nc4cnn(CCCC(=O)O)c4)nc32)cc1.NCc1ccc(-n2nnc3cnc(Nc4cnn(CCCC(=O)O)c4)nc32)cc1. The average Bonchev–Trinajstić information content (AvgIpc) is 4.10. The Morgan fingerprint density at radius 1 is 0.662 bits per heavy atom. The Morgan fingerprint density at radius 2 is 1.12 bits per heavy atom. The number of hydrogen-bond acceptors (Lipinski definition) is 17. The smallest absolute Gasteiger partial charge is 0.306 e. The number of fused-ring (bicyclic) bond motifs is 2. The first-order chi connectivity index (χ1) is 31.3. The van der Waals surface area contributed by atoms with Gasteiger partial charge in [-0.15, -0.1) is 10.2 Å². The van der Waals surface area contributed by atoms with Crippen LogP contribution in [0.25, 0.3) is 33.7 Å². The lowest BCUT2D eigenvalue weighted by Crippen LogP contribution is -2.24. The van der Waals surface area contributed by atoms with Gasteiger partial charge >= 0.3 is 17.9 Å². The van der Waals surface area contributed by atoms with Crippen molar-refractivity contribution in [1.82, 2.24) is 69.5 Å². The summed E-state index contributed by atoms with van der Waals surface area (Å²) in [6, 6.07) is 15.4. The third kappa shape index (κ3) is 12.5. The number of carbonyl (C=O) groups is 3. The van der Waals surface area contributed by atoms with E-state index in [0.717, 1.165) is 22.5 Å². The first-order valence-electron chi connectivity index (χ1n) is 20.6. The highest BCUT2D eigenvalue weighted by Crippen LogP contribution is 2.21. The molecule has 0 radical (unpaired) electrons. The Labute approximate surface area is 370 Å². The molecule has 0 atom stereocenters. The van der Waals surface area contributed by atoms with Gasteiger partial charge in [0.05, 0.1) is 47.5 Å². The lowest BCUT2D eigenvalue weighted by atomic mass is 10.1. The maximum absolute atomic E-state index is 12.0. The van der Waals surface area contributed by atoms with Gasteiger partial charge in [0, 0.05) is 51.3 Å². The number of nitrogens with one attached hydrogen (secondary N) is 2. The number of benzene rings is 2. The van der Waals surface area contributed by atoms with E-state index in [0.29, 0.717) is 90.9 Å². The van der Waals surface area contributed by atoms with Crippen molar-refractivity contribution in [2.45, 2.75) is 84.5 Å². The molecule has 336 valence electrons. The Balaban J connectivity index is 0.000000198. The van der Waals surface area contributed by atoms with Crippen molar-refractivity contribution in [2.24, 2.45) is 5.73 Å². The summed E-state index contributed by atoms with van der Waals surface area (Å²) >= 11 is 0. The second-order valence-corrected chi connectivity index (χ2v) is 15.7. The van der Waals surface area contributed by atoms with Crippen molar-refractivity contribution in [2.75, 3.05) is 10.6 Å². The van der Waals surface area contributed by atoms with Gasteiger partial charge in [0.15, 0.2) is 22.3 Å². The number of anilines is 4. The Hall–Kier alpha value is -8.21. The van der Waals surface area contributed by atoms with Crippen molar-refractivity contribution in [3.05, 3.63) is 96.8 Å². The summed E-state index contributed by atoms with van der Waals surface area (Å²) in [5, 5.41) is 48.7. The second-order valence-electron chi connectivity index (χ2n) is 15.7. The maximum Gasteiger partial charge on any atom is 0.306 e. The third-order valence-electron chi connectivity index (χ3n) is 9.35. The van der Waals surface area contributed by atoms with Crippen LogP contribution >= 0.6 is 0 Å². The molecule has 0 fully saturated rings. The number of nitrogens with zero attached hydrogens (tertiary/aromatic N) is 14. The van der Waals surface area contributed by atoms with Gasteiger partial charge in [-0.05, 0) is 75.4 Å². The van der Waals surface area contributed by atoms with Crippen molar-refractivity contribution in [3.63, 3.8) is 0 Å². The molecule has 0 aliphatic carbocycles. The van der Waals surface area contributed by atoms with Crippen molar-refractivity contribution in [1.29, 1.82) is 0 Å². The molecule has 0 bridgehead atoms. The van der Waals surface area contributed by atoms with Gasteiger partial charge in [0.25, 0.3) is 0 Å². The number of ether oxygens (including phenoxy) is 1. The van der Waals surface area contributed by atoms with E-state index < -0.39 is 17.5 Å². The molecule has 0 aliphatic heterocycles. The van der Waals surface area contributed by atoms with Crippen LogP contribution in [0.5, 0.6) is 0 Å². The molecule has 8 rings (SSSR count). The van der Waals surface area contributed by atoms with E-state index in [2.05, 4.69) is 61.4 Å². The fraction of sp³-hybridized carbons (Fsp3) is 0.310. The van der Waals surface area contributed by atoms with Gasteiger partial charge < -0.3 is 31.3 Å². The number of hydrogen-bond donors (Lipinski definition) is 5. The van der Waals surface area contributed by atoms with E-state index in [1.165, 1.54) is 0 Å². The van der Waals surface area contributed by atoms with E-state index in [9.17, 15) is 14.4 Å². The summed E-state index contributed by atoms with van der Waals surface area (Å²) in [5.41, 5.74) is 12.4. The van der Waals surface area contributed by atoms with Crippen LogP contribution in [0.2, 0.25) is 0 Å². The minimum atomic E-state index is -0.831. The van der Waals surface area contributed by atoms with Crippen LogP contribution in [0.1, 0.15) is 64.0 Å². The summed E-state index contributed by atoms with van der Waals surface area (Å²) in [7, 11) is 0. The van der Waals surface area contributed by atoms with Crippen molar-refractivity contribution in [3.8, 4) is 11.4 Å². The summed E-state index contributed by atoms with van der Waals surface area (Å²) in [5.74, 6) is -1.14. The van der Waals surface area contributed by atoms with Crippen LogP contribution in [0.4, 0.5) is 23.3 Å². The third-order valence-corrected chi connectivity index (χ3v) is 9.35. The number of rotatable bonds is 18. The van der Waals surface area contributed by atoms with Crippen LogP contribution in [0, 0.1) is 0 Å². The molecule has 0 saturated carbocycles. The number of aromatic nitrogens is 14. The van der Waals surface area contributed by atoms with Gasteiger partial charge in [-0.1, -0.05) is 34.7 Å². The summed E-state index contributed by atoms with van der Waals surface area (Å²) in [6.45, 7) is 7.04. The first kappa shape index (κ1) is 44.8. The lowest BCUT2D eigenvalue weighted by Gasteiger charge is -2.19. The molecule has 23 nitrogen and oxygen atoms in total. The predicted molar refractivity (Wildman–Crippen MR) is 236 cm³/mol. The van der Waals surface area contributed by atoms with E-state index in [1.54, 1.807) is 55.9 Å². The fourth-order valence-corrected chi connectivity index (χ4v) is 6.28. The molecule has 0 amide bonds. The number of carbonyl (C=O) groups excluding carboxylic acids is 1. The minimum absolute atomic E-state index is 0.0874. The topological polar surface area (TPSA) is 300 Å². The summed E-state index contributed by atoms with van der Waals surface area (Å²) in [4.78, 5) is 50.9. The van der Waals surface area contributed by atoms with E-state index in [-0.39, 0.29) is 18.8 Å². The average molecular weight is 886 g/mol. The Kier molecular flexibility index (Phi) is 14.0. The molecule has 0 aliphatic rings. The van der Waals surface area contributed by atoms with E-state index in [4.69, 9.17) is 20.7 Å². The standard InChI is InChI=1S/C24H28N8O4.C18H19N9O2/c1-24(2,3)36-21(35)11-8-16-6-9-18(10-7-16)32-22-19(29-30-32)14-25-23(28-22)27-17-13-26-31(15-17)12-4-5-20(33)34;19-8-12-3-5-14(6-4-12)27-17-15(24-25-27)10-20-18(23-17)22-13-9-21-26(11-13)7-1-2-16(28)29/h6-7,9-10,13-15H,4-5,8,11-12H2,1-3H3,(H,33,34)(H,25,27,28);3-6,9-11H,1-2,7-8,19H2,(H,28,29)(H,20,22,23). The van der Waals surface area contributed by atoms with E-state index >= 15 is 0 Å². The number of esters is 1. The molecule has 2 aromatic carbocycles.